The van der Waals surface area contributed by atoms with Gasteiger partial charge in [0.15, 0.2) is 23.6 Å². The predicted octanol–water partition coefficient (Wildman–Crippen LogP) is 1.88. The molecule has 0 saturated heterocycles. The molecule has 8 nitrogen and oxygen atoms in total. The van der Waals surface area contributed by atoms with Gasteiger partial charge in [0, 0.05) is 36.5 Å². The highest BCUT2D eigenvalue weighted by Crippen LogP contribution is 2.38. The number of ether oxygens (including phenoxy) is 2. The fourth-order valence-corrected chi connectivity index (χ4v) is 3.18. The SMILES string of the molecule is NC1=NC(c2ccncc2)n2c(nc3cc4c(cc32)OCCCO4)N1. The first-order valence-corrected chi connectivity index (χ1v) is 8.11. The number of rotatable bonds is 1. The summed E-state index contributed by atoms with van der Waals surface area (Å²) in [6.45, 7) is 1.27. The largest absolute Gasteiger partial charge is 0.489 e. The van der Waals surface area contributed by atoms with Crippen molar-refractivity contribution in [2.45, 2.75) is 12.6 Å². The van der Waals surface area contributed by atoms with Gasteiger partial charge in [0.2, 0.25) is 5.95 Å². The van der Waals surface area contributed by atoms with Crippen molar-refractivity contribution in [1.29, 1.82) is 0 Å². The molecule has 0 bridgehead atoms. The third-order valence-corrected chi connectivity index (χ3v) is 4.31. The lowest BCUT2D eigenvalue weighted by Crippen LogP contribution is -2.31. The van der Waals surface area contributed by atoms with E-state index in [1.807, 2.05) is 28.8 Å². The van der Waals surface area contributed by atoms with Gasteiger partial charge in [-0.3, -0.25) is 14.9 Å². The first kappa shape index (κ1) is 14.1. The number of guanidine groups is 1. The molecule has 0 aliphatic carbocycles. The van der Waals surface area contributed by atoms with Crippen LogP contribution in [0.15, 0.2) is 41.7 Å². The van der Waals surface area contributed by atoms with E-state index < -0.39 is 0 Å². The second-order valence-electron chi connectivity index (χ2n) is 5.94. The van der Waals surface area contributed by atoms with Crippen LogP contribution in [-0.2, 0) is 0 Å². The molecule has 2 aliphatic heterocycles. The molecule has 0 saturated carbocycles. The van der Waals surface area contributed by atoms with Crippen LogP contribution in [0.25, 0.3) is 11.0 Å². The number of nitrogens with one attached hydrogen (secondary N) is 1. The second-order valence-corrected chi connectivity index (χ2v) is 5.94. The van der Waals surface area contributed by atoms with Gasteiger partial charge in [0.1, 0.15) is 0 Å². The van der Waals surface area contributed by atoms with Crippen LogP contribution in [0.1, 0.15) is 18.2 Å². The number of imidazole rings is 1. The molecule has 3 aromatic rings. The molecule has 4 heterocycles. The molecule has 25 heavy (non-hydrogen) atoms. The van der Waals surface area contributed by atoms with Crippen LogP contribution in [0.5, 0.6) is 11.5 Å². The zero-order chi connectivity index (χ0) is 16.8. The number of anilines is 1. The smallest absolute Gasteiger partial charge is 0.212 e. The average Bonchev–Trinajstić information content (AvgIpc) is 2.81. The van der Waals surface area contributed by atoms with Gasteiger partial charge in [-0.05, 0) is 12.1 Å². The Morgan fingerprint density at radius 1 is 1.12 bits per heavy atom. The van der Waals surface area contributed by atoms with Gasteiger partial charge in [-0.15, -0.1) is 0 Å². The van der Waals surface area contributed by atoms with Gasteiger partial charge >= 0.3 is 0 Å². The third kappa shape index (κ3) is 2.25. The standard InChI is InChI=1S/C17H16N6O2/c18-16-21-15(10-2-4-19-5-3-10)23-12-9-14-13(24-6-1-7-25-14)8-11(12)20-17(23)22-16/h2-5,8-9,15H,1,6-7H2,(H3,18,20,21,22). The first-order chi connectivity index (χ1) is 12.3. The number of aromatic nitrogens is 3. The van der Waals surface area contributed by atoms with E-state index in [0.29, 0.717) is 25.1 Å². The zero-order valence-electron chi connectivity index (χ0n) is 13.3. The van der Waals surface area contributed by atoms with Crippen LogP contribution in [0.2, 0.25) is 0 Å². The quantitative estimate of drug-likeness (QED) is 0.704. The number of fused-ring (bicyclic) bond motifs is 4. The fraction of sp³-hybridized carbons (Fsp3) is 0.235. The van der Waals surface area contributed by atoms with E-state index in [4.69, 9.17) is 15.2 Å². The maximum absolute atomic E-state index is 5.96. The van der Waals surface area contributed by atoms with E-state index in [-0.39, 0.29) is 6.17 Å². The van der Waals surface area contributed by atoms with Crippen molar-refractivity contribution >= 4 is 22.9 Å². The molecule has 1 atom stereocenters. The average molecular weight is 336 g/mol. The molecule has 0 fully saturated rings. The molecule has 126 valence electrons. The fourth-order valence-electron chi connectivity index (χ4n) is 3.18. The van der Waals surface area contributed by atoms with Gasteiger partial charge in [-0.1, -0.05) is 0 Å². The Kier molecular flexibility index (Phi) is 3.03. The van der Waals surface area contributed by atoms with Gasteiger partial charge in [0.25, 0.3) is 0 Å². The number of benzene rings is 1. The molecular weight excluding hydrogens is 320 g/mol. The summed E-state index contributed by atoms with van der Waals surface area (Å²) in [5, 5.41) is 3.03. The third-order valence-electron chi connectivity index (χ3n) is 4.31. The molecule has 3 N–H and O–H groups in total. The van der Waals surface area contributed by atoms with Gasteiger partial charge in [0.05, 0.1) is 24.2 Å². The molecule has 2 aliphatic rings. The number of pyridine rings is 1. The van der Waals surface area contributed by atoms with Gasteiger partial charge in [-0.25, -0.2) is 9.98 Å². The summed E-state index contributed by atoms with van der Waals surface area (Å²) in [7, 11) is 0. The molecular formula is C17H16N6O2. The summed E-state index contributed by atoms with van der Waals surface area (Å²) in [6, 6.07) is 7.71. The van der Waals surface area contributed by atoms with E-state index in [0.717, 1.165) is 34.5 Å². The highest BCUT2D eigenvalue weighted by atomic mass is 16.5. The van der Waals surface area contributed by atoms with Crippen molar-refractivity contribution in [3.63, 3.8) is 0 Å². The van der Waals surface area contributed by atoms with E-state index >= 15 is 0 Å². The Balaban J connectivity index is 1.72. The number of aliphatic imine (C=N–C) groups is 1. The molecule has 1 aromatic carbocycles. The summed E-state index contributed by atoms with van der Waals surface area (Å²) in [4.78, 5) is 13.3. The van der Waals surface area contributed by atoms with Crippen LogP contribution >= 0.6 is 0 Å². The topological polar surface area (TPSA) is 99.6 Å². The molecule has 2 aromatic heterocycles. The van der Waals surface area contributed by atoms with E-state index in [1.165, 1.54) is 0 Å². The van der Waals surface area contributed by atoms with Crippen LogP contribution in [0, 0.1) is 0 Å². The van der Waals surface area contributed by atoms with Gasteiger partial charge < -0.3 is 15.2 Å². The normalized spacial score (nSPS) is 18.9. The summed E-state index contributed by atoms with van der Waals surface area (Å²) >= 11 is 0. The van der Waals surface area contributed by atoms with Crippen LogP contribution in [-0.4, -0.2) is 33.7 Å². The molecule has 0 amide bonds. The maximum Gasteiger partial charge on any atom is 0.212 e. The lowest BCUT2D eigenvalue weighted by molar-refractivity contribution is 0.297. The van der Waals surface area contributed by atoms with Crippen molar-refractivity contribution in [3.8, 4) is 11.5 Å². The van der Waals surface area contributed by atoms with E-state index in [9.17, 15) is 0 Å². The number of nitrogens with two attached hydrogens (primary N) is 1. The number of nitrogens with zero attached hydrogens (tertiary/aromatic N) is 4. The molecule has 8 heteroatoms. The first-order valence-electron chi connectivity index (χ1n) is 8.11. The molecule has 0 spiro atoms. The lowest BCUT2D eigenvalue weighted by Gasteiger charge is -2.23. The summed E-state index contributed by atoms with van der Waals surface area (Å²) in [6.07, 6.45) is 4.03. The van der Waals surface area contributed by atoms with Gasteiger partial charge in [-0.2, -0.15) is 0 Å². The zero-order valence-corrected chi connectivity index (χ0v) is 13.3. The molecule has 0 radical (unpaired) electrons. The van der Waals surface area contributed by atoms with Crippen molar-refractivity contribution in [3.05, 3.63) is 42.2 Å². The monoisotopic (exact) mass is 336 g/mol. The second kappa shape index (κ2) is 5.37. The minimum absolute atomic E-state index is 0.311. The highest BCUT2D eigenvalue weighted by Gasteiger charge is 2.26. The Labute approximate surface area is 143 Å². The Bertz CT molecular complexity index is 982. The highest BCUT2D eigenvalue weighted by molar-refractivity contribution is 5.95. The summed E-state index contributed by atoms with van der Waals surface area (Å²) in [5.74, 6) is 2.42. The molecule has 1 unspecified atom stereocenters. The van der Waals surface area contributed by atoms with Crippen molar-refractivity contribution in [2.75, 3.05) is 18.5 Å². The Hall–Kier alpha value is -3.29. The van der Waals surface area contributed by atoms with Crippen LogP contribution in [0.4, 0.5) is 5.95 Å². The van der Waals surface area contributed by atoms with Crippen LogP contribution in [0.3, 0.4) is 0 Å². The summed E-state index contributed by atoms with van der Waals surface area (Å²) < 4.78 is 13.6. The van der Waals surface area contributed by atoms with Crippen molar-refractivity contribution < 1.29 is 9.47 Å². The van der Waals surface area contributed by atoms with Crippen molar-refractivity contribution in [2.24, 2.45) is 10.7 Å². The minimum atomic E-state index is -0.311. The predicted molar refractivity (Wildman–Crippen MR) is 93.0 cm³/mol. The van der Waals surface area contributed by atoms with E-state index in [2.05, 4.69) is 20.3 Å². The Morgan fingerprint density at radius 3 is 2.68 bits per heavy atom. The molecule has 5 rings (SSSR count). The van der Waals surface area contributed by atoms with Crippen molar-refractivity contribution in [1.82, 2.24) is 14.5 Å². The minimum Gasteiger partial charge on any atom is -0.489 e. The maximum atomic E-state index is 5.96. The number of hydrogen-bond donors (Lipinski definition) is 2. The Morgan fingerprint density at radius 2 is 1.88 bits per heavy atom. The number of hydrogen-bond acceptors (Lipinski definition) is 7. The lowest BCUT2D eigenvalue weighted by atomic mass is 10.2. The summed E-state index contributed by atoms with van der Waals surface area (Å²) in [5.41, 5.74) is 8.65. The van der Waals surface area contributed by atoms with E-state index in [1.54, 1.807) is 12.4 Å². The van der Waals surface area contributed by atoms with Crippen LogP contribution < -0.4 is 20.5 Å².